The highest BCUT2D eigenvalue weighted by atomic mass is 16.5. The molecular weight excluding hydrogens is 182 g/mol. The van der Waals surface area contributed by atoms with Crippen LogP contribution in [0.25, 0.3) is 0 Å². The smallest absolute Gasteiger partial charge is 0.0808 e. The molecule has 0 aromatic carbocycles. The Morgan fingerprint density at radius 3 is 3.00 bits per heavy atom. The summed E-state index contributed by atoms with van der Waals surface area (Å²) in [5.41, 5.74) is 5.27. The highest BCUT2D eigenvalue weighted by Gasteiger charge is 2.13. The van der Waals surface area contributed by atoms with E-state index >= 15 is 0 Å². The standard InChI is InChI=1S/C10H21NO3/c11-7-9(12)4-6-13-8-10-3-1-2-5-14-10/h9-10,12H,1-8,11H2. The van der Waals surface area contributed by atoms with E-state index in [0.29, 0.717) is 26.2 Å². The Labute approximate surface area is 85.4 Å². The van der Waals surface area contributed by atoms with E-state index in [1.165, 1.54) is 12.8 Å². The third-order valence-corrected chi connectivity index (χ3v) is 2.45. The fourth-order valence-corrected chi connectivity index (χ4v) is 1.49. The molecule has 84 valence electrons. The number of nitrogens with two attached hydrogens (primary N) is 1. The molecule has 0 spiro atoms. The first kappa shape index (κ1) is 11.9. The normalized spacial score (nSPS) is 24.9. The van der Waals surface area contributed by atoms with Gasteiger partial charge in [-0.15, -0.1) is 0 Å². The quantitative estimate of drug-likeness (QED) is 0.609. The van der Waals surface area contributed by atoms with E-state index in [0.717, 1.165) is 13.0 Å². The minimum Gasteiger partial charge on any atom is -0.392 e. The van der Waals surface area contributed by atoms with Gasteiger partial charge in [0.15, 0.2) is 0 Å². The second-order valence-electron chi connectivity index (χ2n) is 3.74. The molecule has 2 atom stereocenters. The lowest BCUT2D eigenvalue weighted by Gasteiger charge is -2.22. The molecule has 4 heteroatoms. The van der Waals surface area contributed by atoms with Gasteiger partial charge in [-0.1, -0.05) is 0 Å². The van der Waals surface area contributed by atoms with Crippen LogP contribution >= 0.6 is 0 Å². The summed E-state index contributed by atoms with van der Waals surface area (Å²) in [7, 11) is 0. The zero-order valence-corrected chi connectivity index (χ0v) is 8.65. The third-order valence-electron chi connectivity index (χ3n) is 2.45. The van der Waals surface area contributed by atoms with Crippen LogP contribution in [0.3, 0.4) is 0 Å². The van der Waals surface area contributed by atoms with E-state index in [4.69, 9.17) is 20.3 Å². The van der Waals surface area contributed by atoms with Crippen LogP contribution in [0.1, 0.15) is 25.7 Å². The molecule has 0 saturated carbocycles. The molecule has 1 fully saturated rings. The van der Waals surface area contributed by atoms with Crippen molar-refractivity contribution in [1.29, 1.82) is 0 Å². The molecule has 1 aliphatic rings. The zero-order chi connectivity index (χ0) is 10.2. The summed E-state index contributed by atoms with van der Waals surface area (Å²) in [6, 6.07) is 0. The van der Waals surface area contributed by atoms with Crippen LogP contribution in [0.15, 0.2) is 0 Å². The molecule has 1 aliphatic heterocycles. The lowest BCUT2D eigenvalue weighted by atomic mass is 10.1. The molecule has 0 amide bonds. The summed E-state index contributed by atoms with van der Waals surface area (Å²) in [6.07, 6.45) is 3.95. The minimum atomic E-state index is -0.428. The Morgan fingerprint density at radius 1 is 1.50 bits per heavy atom. The van der Waals surface area contributed by atoms with Crippen LogP contribution in [-0.2, 0) is 9.47 Å². The van der Waals surface area contributed by atoms with Crippen molar-refractivity contribution in [3.8, 4) is 0 Å². The molecule has 0 radical (unpaired) electrons. The summed E-state index contributed by atoms with van der Waals surface area (Å²) in [5, 5.41) is 9.16. The zero-order valence-electron chi connectivity index (χ0n) is 8.65. The first-order valence-electron chi connectivity index (χ1n) is 5.40. The Morgan fingerprint density at radius 2 is 2.36 bits per heavy atom. The van der Waals surface area contributed by atoms with Crippen molar-refractivity contribution in [3.05, 3.63) is 0 Å². The Bertz CT molecular complexity index is 137. The maximum atomic E-state index is 9.16. The maximum absolute atomic E-state index is 9.16. The summed E-state index contributed by atoms with van der Waals surface area (Å²) in [5.74, 6) is 0. The molecule has 1 rings (SSSR count). The van der Waals surface area contributed by atoms with E-state index < -0.39 is 6.10 Å². The SMILES string of the molecule is NCC(O)CCOCC1CCCCO1. The summed E-state index contributed by atoms with van der Waals surface area (Å²) >= 11 is 0. The van der Waals surface area contributed by atoms with Crippen LogP contribution in [-0.4, -0.2) is 43.7 Å². The molecule has 1 saturated heterocycles. The summed E-state index contributed by atoms with van der Waals surface area (Å²) < 4.78 is 10.9. The average Bonchev–Trinajstić information content (AvgIpc) is 2.25. The molecule has 3 N–H and O–H groups in total. The molecule has 0 aromatic heterocycles. The van der Waals surface area contributed by atoms with Crippen molar-refractivity contribution in [1.82, 2.24) is 0 Å². The van der Waals surface area contributed by atoms with E-state index in [9.17, 15) is 0 Å². The summed E-state index contributed by atoms with van der Waals surface area (Å²) in [4.78, 5) is 0. The first-order valence-corrected chi connectivity index (χ1v) is 5.40. The monoisotopic (exact) mass is 203 g/mol. The number of rotatable bonds is 6. The van der Waals surface area contributed by atoms with Gasteiger partial charge in [0.1, 0.15) is 0 Å². The number of ether oxygens (including phenoxy) is 2. The Hall–Kier alpha value is -0.160. The molecule has 0 aliphatic carbocycles. The van der Waals surface area contributed by atoms with Gasteiger partial charge in [-0.25, -0.2) is 0 Å². The predicted octanol–water partition coefficient (Wildman–Crippen LogP) is 0.282. The third kappa shape index (κ3) is 4.91. The van der Waals surface area contributed by atoms with Gasteiger partial charge in [0.2, 0.25) is 0 Å². The van der Waals surface area contributed by atoms with E-state index in [1.54, 1.807) is 0 Å². The molecule has 0 aromatic rings. The van der Waals surface area contributed by atoms with E-state index in [2.05, 4.69) is 0 Å². The Balaban J connectivity index is 1.92. The average molecular weight is 203 g/mol. The number of aliphatic hydroxyl groups is 1. The van der Waals surface area contributed by atoms with Gasteiger partial charge in [-0.05, 0) is 25.7 Å². The largest absolute Gasteiger partial charge is 0.392 e. The van der Waals surface area contributed by atoms with Crippen LogP contribution in [0.4, 0.5) is 0 Å². The molecular formula is C10H21NO3. The van der Waals surface area contributed by atoms with Crippen molar-refractivity contribution < 1.29 is 14.6 Å². The van der Waals surface area contributed by atoms with Crippen LogP contribution in [0.5, 0.6) is 0 Å². The highest BCUT2D eigenvalue weighted by molar-refractivity contribution is 4.62. The van der Waals surface area contributed by atoms with Crippen LogP contribution in [0, 0.1) is 0 Å². The molecule has 14 heavy (non-hydrogen) atoms. The van der Waals surface area contributed by atoms with Gasteiger partial charge >= 0.3 is 0 Å². The van der Waals surface area contributed by atoms with Gasteiger partial charge in [-0.3, -0.25) is 0 Å². The molecule has 2 unspecified atom stereocenters. The second-order valence-corrected chi connectivity index (χ2v) is 3.74. The van der Waals surface area contributed by atoms with E-state index in [-0.39, 0.29) is 6.10 Å². The van der Waals surface area contributed by atoms with Crippen molar-refractivity contribution in [2.75, 3.05) is 26.4 Å². The van der Waals surface area contributed by atoms with Gasteiger partial charge in [0.25, 0.3) is 0 Å². The van der Waals surface area contributed by atoms with Crippen molar-refractivity contribution in [2.24, 2.45) is 5.73 Å². The predicted molar refractivity (Wildman–Crippen MR) is 54.1 cm³/mol. The lowest BCUT2D eigenvalue weighted by Crippen LogP contribution is -2.26. The second kappa shape index (κ2) is 7.17. The molecule has 0 bridgehead atoms. The van der Waals surface area contributed by atoms with Crippen LogP contribution < -0.4 is 5.73 Å². The number of aliphatic hydroxyl groups excluding tert-OH is 1. The minimum absolute atomic E-state index is 0.263. The fourth-order valence-electron chi connectivity index (χ4n) is 1.49. The topological polar surface area (TPSA) is 64.7 Å². The molecule has 1 heterocycles. The number of hydrogen-bond acceptors (Lipinski definition) is 4. The van der Waals surface area contributed by atoms with E-state index in [1.807, 2.05) is 0 Å². The lowest BCUT2D eigenvalue weighted by molar-refractivity contribution is -0.0447. The fraction of sp³-hybridized carbons (Fsp3) is 1.00. The van der Waals surface area contributed by atoms with Gasteiger partial charge in [-0.2, -0.15) is 0 Å². The van der Waals surface area contributed by atoms with Crippen LogP contribution in [0.2, 0.25) is 0 Å². The highest BCUT2D eigenvalue weighted by Crippen LogP contribution is 2.12. The van der Waals surface area contributed by atoms with Gasteiger partial charge in [0, 0.05) is 19.8 Å². The van der Waals surface area contributed by atoms with Crippen molar-refractivity contribution in [2.45, 2.75) is 37.9 Å². The van der Waals surface area contributed by atoms with Gasteiger partial charge in [0.05, 0.1) is 18.8 Å². The van der Waals surface area contributed by atoms with Crippen molar-refractivity contribution in [3.63, 3.8) is 0 Å². The van der Waals surface area contributed by atoms with Crippen molar-refractivity contribution >= 4 is 0 Å². The first-order chi connectivity index (χ1) is 6.83. The van der Waals surface area contributed by atoms with Gasteiger partial charge < -0.3 is 20.3 Å². The summed E-state index contributed by atoms with van der Waals surface area (Å²) in [6.45, 7) is 2.39. The maximum Gasteiger partial charge on any atom is 0.0808 e. The molecule has 4 nitrogen and oxygen atoms in total. The number of hydrogen-bond donors (Lipinski definition) is 2. The Kier molecular flexibility index (Phi) is 6.10.